The summed E-state index contributed by atoms with van der Waals surface area (Å²) in [6, 6.07) is 0. The molecule has 0 aromatic heterocycles. The summed E-state index contributed by atoms with van der Waals surface area (Å²) in [5.74, 6) is 0. The molecule has 0 aliphatic rings. The molecule has 0 saturated carbocycles. The molecule has 4 nitrogen and oxygen atoms in total. The van der Waals surface area contributed by atoms with Crippen LogP contribution in [-0.4, -0.2) is 50.3 Å². The van der Waals surface area contributed by atoms with Crippen molar-refractivity contribution in [3.05, 3.63) is 0 Å². The van der Waals surface area contributed by atoms with Crippen molar-refractivity contribution in [2.45, 2.75) is 40.9 Å². The summed E-state index contributed by atoms with van der Waals surface area (Å²) in [6.45, 7) is 13.9. The van der Waals surface area contributed by atoms with E-state index in [2.05, 4.69) is 4.90 Å². The summed E-state index contributed by atoms with van der Waals surface area (Å²) in [7, 11) is 0. The van der Waals surface area contributed by atoms with Gasteiger partial charge in [0.15, 0.2) is 6.29 Å². The van der Waals surface area contributed by atoms with Gasteiger partial charge in [0.1, 0.15) is 6.29 Å². The highest BCUT2D eigenvalue weighted by atomic mass is 16.7. The summed E-state index contributed by atoms with van der Waals surface area (Å²) in [6.07, 6.45) is 0.900. The average Bonchev–Trinajstić information content (AvgIpc) is 2.27. The molecule has 0 spiro atoms. The first kappa shape index (κ1) is 17.9. The smallest absolute Gasteiger partial charge is 0.154 e. The largest absolute Gasteiger partial charge is 0.353 e. The summed E-state index contributed by atoms with van der Waals surface area (Å²) >= 11 is 0. The minimum Gasteiger partial charge on any atom is -0.353 e. The lowest BCUT2D eigenvalue weighted by Crippen LogP contribution is -2.24. The van der Waals surface area contributed by atoms with Crippen molar-refractivity contribution in [3.63, 3.8) is 0 Å². The molecule has 0 fully saturated rings. The molecule has 0 rings (SSSR count). The molecule has 0 amide bonds. The zero-order valence-corrected chi connectivity index (χ0v) is 11.4. The molecule has 0 aromatic rings. The van der Waals surface area contributed by atoms with E-state index < -0.39 is 0 Å². The lowest BCUT2D eigenvalue weighted by molar-refractivity contribution is -0.123. The van der Waals surface area contributed by atoms with Gasteiger partial charge in [-0.1, -0.05) is 13.8 Å². The van der Waals surface area contributed by atoms with Gasteiger partial charge in [-0.05, 0) is 33.9 Å². The molecule has 98 valence electrons. The second-order valence-corrected chi connectivity index (χ2v) is 3.13. The Morgan fingerprint density at radius 3 is 1.69 bits per heavy atom. The van der Waals surface area contributed by atoms with E-state index in [1.165, 1.54) is 0 Å². The molecule has 0 aromatic carbocycles. The Morgan fingerprint density at radius 1 is 1.06 bits per heavy atom. The van der Waals surface area contributed by atoms with E-state index in [9.17, 15) is 4.79 Å². The van der Waals surface area contributed by atoms with E-state index in [0.29, 0.717) is 6.54 Å². The second kappa shape index (κ2) is 14.6. The van der Waals surface area contributed by atoms with Crippen molar-refractivity contribution in [1.29, 1.82) is 0 Å². The first-order valence-corrected chi connectivity index (χ1v) is 6.05. The van der Waals surface area contributed by atoms with Gasteiger partial charge in [0, 0.05) is 13.2 Å². The van der Waals surface area contributed by atoms with Gasteiger partial charge in [0.05, 0.1) is 6.54 Å². The minimum absolute atomic E-state index is 0.0370. The monoisotopic (exact) mass is 233 g/mol. The number of carbonyl (C=O) groups is 1. The third kappa shape index (κ3) is 13.5. The maximum Gasteiger partial charge on any atom is 0.154 e. The van der Waals surface area contributed by atoms with E-state index in [-0.39, 0.29) is 6.29 Å². The van der Waals surface area contributed by atoms with Crippen LogP contribution in [0.4, 0.5) is 0 Å². The summed E-state index contributed by atoms with van der Waals surface area (Å²) in [4.78, 5) is 12.0. The number of hydrogen-bond acceptors (Lipinski definition) is 4. The van der Waals surface area contributed by atoms with Gasteiger partial charge in [-0.15, -0.1) is 0 Å². The molecule has 0 N–H and O–H groups in total. The lowest BCUT2D eigenvalue weighted by atomic mass is 10.5. The standard InChI is InChI=1S/C6H13NO.C6H14O2/c1-3-7(4-2)5-6-8;1-4-7-6(3)8-5-2/h6H,3-5H2,1-2H3;6H,4-5H2,1-3H3. The van der Waals surface area contributed by atoms with Crippen LogP contribution in [0.3, 0.4) is 0 Å². The minimum atomic E-state index is -0.0370. The molecular formula is C12H27NO3. The number of carbonyl (C=O) groups excluding carboxylic acids is 1. The van der Waals surface area contributed by atoms with Crippen molar-refractivity contribution in [3.8, 4) is 0 Å². The van der Waals surface area contributed by atoms with E-state index >= 15 is 0 Å². The highest BCUT2D eigenvalue weighted by Gasteiger charge is 1.95. The first-order valence-electron chi connectivity index (χ1n) is 6.05. The van der Waals surface area contributed by atoms with Crippen LogP contribution < -0.4 is 0 Å². The van der Waals surface area contributed by atoms with Gasteiger partial charge >= 0.3 is 0 Å². The van der Waals surface area contributed by atoms with Crippen LogP contribution in [0.2, 0.25) is 0 Å². The fourth-order valence-electron chi connectivity index (χ4n) is 1.10. The molecule has 0 unspecified atom stereocenters. The number of hydrogen-bond donors (Lipinski definition) is 0. The van der Waals surface area contributed by atoms with Crippen LogP contribution in [0, 0.1) is 0 Å². The van der Waals surface area contributed by atoms with E-state index in [0.717, 1.165) is 32.6 Å². The van der Waals surface area contributed by atoms with Gasteiger partial charge in [-0.2, -0.15) is 0 Å². The maximum atomic E-state index is 9.89. The Hall–Kier alpha value is -0.450. The Morgan fingerprint density at radius 2 is 1.50 bits per heavy atom. The van der Waals surface area contributed by atoms with Crippen LogP contribution >= 0.6 is 0 Å². The van der Waals surface area contributed by atoms with Crippen molar-refractivity contribution in [2.75, 3.05) is 32.8 Å². The number of rotatable bonds is 8. The van der Waals surface area contributed by atoms with Crippen LogP contribution in [-0.2, 0) is 14.3 Å². The zero-order valence-electron chi connectivity index (χ0n) is 11.4. The van der Waals surface area contributed by atoms with Gasteiger partial charge in [-0.25, -0.2) is 0 Å². The molecule has 0 aliphatic carbocycles. The highest BCUT2D eigenvalue weighted by Crippen LogP contribution is 1.90. The predicted octanol–water partition coefficient (Wildman–Crippen LogP) is 1.93. The maximum absolute atomic E-state index is 9.89. The lowest BCUT2D eigenvalue weighted by Gasteiger charge is -2.12. The van der Waals surface area contributed by atoms with Crippen molar-refractivity contribution in [1.82, 2.24) is 4.90 Å². The van der Waals surface area contributed by atoms with Crippen LogP contribution in [0.1, 0.15) is 34.6 Å². The molecule has 0 atom stereocenters. The number of ether oxygens (including phenoxy) is 2. The second-order valence-electron chi connectivity index (χ2n) is 3.13. The van der Waals surface area contributed by atoms with Crippen LogP contribution in [0.25, 0.3) is 0 Å². The summed E-state index contributed by atoms with van der Waals surface area (Å²) < 4.78 is 10.1. The molecule has 4 heteroatoms. The molecule has 0 radical (unpaired) electrons. The van der Waals surface area contributed by atoms with E-state index in [4.69, 9.17) is 9.47 Å². The first-order chi connectivity index (χ1) is 7.65. The third-order valence-corrected chi connectivity index (χ3v) is 2.03. The number of likely N-dealkylation sites (N-methyl/N-ethyl adjacent to an activating group) is 1. The summed E-state index contributed by atoms with van der Waals surface area (Å²) in [5.41, 5.74) is 0. The number of aldehydes is 1. The Kier molecular flexibility index (Phi) is 16.3. The van der Waals surface area contributed by atoms with Crippen molar-refractivity contribution in [2.24, 2.45) is 0 Å². The molecule has 0 aliphatic heterocycles. The fourth-order valence-corrected chi connectivity index (χ4v) is 1.10. The van der Waals surface area contributed by atoms with Crippen molar-refractivity contribution < 1.29 is 14.3 Å². The average molecular weight is 233 g/mol. The Bertz CT molecular complexity index is 132. The quantitative estimate of drug-likeness (QED) is 0.474. The topological polar surface area (TPSA) is 38.8 Å². The van der Waals surface area contributed by atoms with Gasteiger partial charge in [-0.3, -0.25) is 4.90 Å². The van der Waals surface area contributed by atoms with Gasteiger partial charge < -0.3 is 14.3 Å². The molecule has 16 heavy (non-hydrogen) atoms. The predicted molar refractivity (Wildman–Crippen MR) is 66.6 cm³/mol. The van der Waals surface area contributed by atoms with E-state index in [1.807, 2.05) is 34.6 Å². The fraction of sp³-hybridized carbons (Fsp3) is 0.917. The normalized spacial score (nSPS) is 10.2. The molecule has 0 heterocycles. The highest BCUT2D eigenvalue weighted by molar-refractivity contribution is 5.51. The Labute approximate surface area is 99.9 Å². The SMILES string of the molecule is CCN(CC)CC=O.CCOC(C)OCC. The van der Waals surface area contributed by atoms with Gasteiger partial charge in [0.2, 0.25) is 0 Å². The molecular weight excluding hydrogens is 206 g/mol. The summed E-state index contributed by atoms with van der Waals surface area (Å²) in [5, 5.41) is 0. The van der Waals surface area contributed by atoms with Crippen molar-refractivity contribution >= 4 is 6.29 Å². The molecule has 0 bridgehead atoms. The number of nitrogens with zero attached hydrogens (tertiary/aromatic N) is 1. The van der Waals surface area contributed by atoms with Crippen LogP contribution in [0.5, 0.6) is 0 Å². The third-order valence-electron chi connectivity index (χ3n) is 2.03. The van der Waals surface area contributed by atoms with Crippen LogP contribution in [0.15, 0.2) is 0 Å². The van der Waals surface area contributed by atoms with Gasteiger partial charge in [0.25, 0.3) is 0 Å². The Balaban J connectivity index is 0. The van der Waals surface area contributed by atoms with E-state index in [1.54, 1.807) is 0 Å². The molecule has 0 saturated heterocycles. The zero-order chi connectivity index (χ0) is 12.8.